The Hall–Kier alpha value is -0.940. The molecule has 0 saturated carbocycles. The highest BCUT2D eigenvalue weighted by atomic mass is 16.5. The number of rotatable bonds is 6. The first kappa shape index (κ1) is 12.5. The van der Waals surface area contributed by atoms with Crippen LogP contribution in [0.4, 0.5) is 0 Å². The molecule has 17 heavy (non-hydrogen) atoms. The van der Waals surface area contributed by atoms with Crippen LogP contribution in [-0.2, 0) is 17.7 Å². The van der Waals surface area contributed by atoms with Crippen molar-refractivity contribution >= 4 is 0 Å². The molecule has 1 aliphatic heterocycles. The first-order chi connectivity index (χ1) is 8.35. The first-order valence-electron chi connectivity index (χ1n) is 6.46. The van der Waals surface area contributed by atoms with Gasteiger partial charge in [-0.1, -0.05) is 6.92 Å². The largest absolute Gasteiger partial charge is 0.381 e. The van der Waals surface area contributed by atoms with Crippen molar-refractivity contribution in [1.82, 2.24) is 20.1 Å². The van der Waals surface area contributed by atoms with Gasteiger partial charge in [0.2, 0.25) is 0 Å². The molecule has 1 N–H and O–H groups in total. The van der Waals surface area contributed by atoms with Crippen molar-refractivity contribution in [3.8, 4) is 0 Å². The van der Waals surface area contributed by atoms with Crippen molar-refractivity contribution in [1.29, 1.82) is 0 Å². The molecule has 1 aromatic heterocycles. The Bertz CT molecular complexity index is 333. The number of nitrogens with zero attached hydrogens (tertiary/aromatic N) is 3. The number of aromatic nitrogens is 3. The van der Waals surface area contributed by atoms with Crippen LogP contribution in [0.3, 0.4) is 0 Å². The van der Waals surface area contributed by atoms with Crippen molar-refractivity contribution in [3.63, 3.8) is 0 Å². The lowest BCUT2D eigenvalue weighted by Crippen LogP contribution is -2.36. The topological polar surface area (TPSA) is 52.0 Å². The third-order valence-corrected chi connectivity index (χ3v) is 3.44. The molecule has 5 heteroatoms. The molecule has 5 nitrogen and oxygen atoms in total. The summed E-state index contributed by atoms with van der Waals surface area (Å²) in [5.74, 6) is 1.69. The van der Waals surface area contributed by atoms with E-state index in [1.54, 1.807) is 6.33 Å². The molecule has 1 fully saturated rings. The molecule has 2 rings (SSSR count). The minimum atomic E-state index is 0.442. The fraction of sp³-hybridized carbons (Fsp3) is 0.833. The number of hydrogen-bond acceptors (Lipinski definition) is 4. The lowest BCUT2D eigenvalue weighted by atomic mass is 9.96. The third kappa shape index (κ3) is 3.04. The van der Waals surface area contributed by atoms with Crippen LogP contribution in [0.5, 0.6) is 0 Å². The molecule has 2 atom stereocenters. The Kier molecular flexibility index (Phi) is 4.50. The standard InChI is InChI=1S/C12H22N4O/c1-3-5-16-12(14-9-15-16)7-11(13-2)10-4-6-17-8-10/h9-11,13H,3-8H2,1-2H3. The molecule has 1 aliphatic rings. The molecule has 0 aliphatic carbocycles. The maximum Gasteiger partial charge on any atom is 0.138 e. The average Bonchev–Trinajstić information content (AvgIpc) is 2.97. The van der Waals surface area contributed by atoms with Gasteiger partial charge in [-0.05, 0) is 19.9 Å². The van der Waals surface area contributed by atoms with Crippen molar-refractivity contribution in [2.24, 2.45) is 5.92 Å². The van der Waals surface area contributed by atoms with Gasteiger partial charge in [-0.2, -0.15) is 5.10 Å². The van der Waals surface area contributed by atoms with Crippen molar-refractivity contribution in [3.05, 3.63) is 12.2 Å². The highest BCUT2D eigenvalue weighted by Crippen LogP contribution is 2.19. The molecule has 0 amide bonds. The highest BCUT2D eigenvalue weighted by Gasteiger charge is 2.25. The number of ether oxygens (including phenoxy) is 1. The smallest absolute Gasteiger partial charge is 0.138 e. The Morgan fingerprint density at radius 1 is 1.65 bits per heavy atom. The summed E-state index contributed by atoms with van der Waals surface area (Å²) in [5.41, 5.74) is 0. The number of likely N-dealkylation sites (N-methyl/N-ethyl adjacent to an activating group) is 1. The van der Waals surface area contributed by atoms with E-state index < -0.39 is 0 Å². The van der Waals surface area contributed by atoms with Crippen LogP contribution in [0.15, 0.2) is 6.33 Å². The van der Waals surface area contributed by atoms with Gasteiger partial charge in [-0.3, -0.25) is 4.68 Å². The first-order valence-corrected chi connectivity index (χ1v) is 6.46. The summed E-state index contributed by atoms with van der Waals surface area (Å²) in [5, 5.41) is 7.66. The molecule has 2 unspecified atom stereocenters. The zero-order chi connectivity index (χ0) is 12.1. The van der Waals surface area contributed by atoms with Crippen LogP contribution < -0.4 is 5.32 Å². The summed E-state index contributed by atoms with van der Waals surface area (Å²) in [4.78, 5) is 4.36. The van der Waals surface area contributed by atoms with Crippen LogP contribution in [0.25, 0.3) is 0 Å². The lowest BCUT2D eigenvalue weighted by molar-refractivity contribution is 0.177. The van der Waals surface area contributed by atoms with E-state index in [4.69, 9.17) is 4.74 Å². The van der Waals surface area contributed by atoms with Gasteiger partial charge in [0, 0.05) is 31.5 Å². The Labute approximate surface area is 103 Å². The summed E-state index contributed by atoms with van der Waals surface area (Å²) >= 11 is 0. The van der Waals surface area contributed by atoms with Gasteiger partial charge >= 0.3 is 0 Å². The van der Waals surface area contributed by atoms with Gasteiger partial charge in [0.05, 0.1) is 6.61 Å². The normalized spacial score (nSPS) is 21.9. The maximum atomic E-state index is 5.45. The number of nitrogens with one attached hydrogen (secondary N) is 1. The van der Waals surface area contributed by atoms with E-state index in [-0.39, 0.29) is 0 Å². The third-order valence-electron chi connectivity index (χ3n) is 3.44. The number of hydrogen-bond donors (Lipinski definition) is 1. The van der Waals surface area contributed by atoms with E-state index in [2.05, 4.69) is 22.3 Å². The quantitative estimate of drug-likeness (QED) is 0.798. The molecular weight excluding hydrogens is 216 g/mol. The summed E-state index contributed by atoms with van der Waals surface area (Å²) in [6.07, 6.45) is 4.83. The SMILES string of the molecule is CCCn1ncnc1CC(NC)C1CCOC1. The molecule has 0 radical (unpaired) electrons. The maximum absolute atomic E-state index is 5.45. The van der Waals surface area contributed by atoms with Gasteiger partial charge in [0.25, 0.3) is 0 Å². The summed E-state index contributed by atoms with van der Waals surface area (Å²) in [6.45, 7) is 4.87. The predicted molar refractivity (Wildman–Crippen MR) is 65.8 cm³/mol. The van der Waals surface area contributed by atoms with E-state index in [9.17, 15) is 0 Å². The molecular formula is C12H22N4O. The van der Waals surface area contributed by atoms with E-state index in [1.807, 2.05) is 11.7 Å². The van der Waals surface area contributed by atoms with E-state index >= 15 is 0 Å². The van der Waals surface area contributed by atoms with Crippen molar-refractivity contribution < 1.29 is 4.74 Å². The van der Waals surface area contributed by atoms with Gasteiger partial charge in [0.1, 0.15) is 12.2 Å². The Morgan fingerprint density at radius 2 is 2.53 bits per heavy atom. The fourth-order valence-corrected chi connectivity index (χ4v) is 2.42. The lowest BCUT2D eigenvalue weighted by Gasteiger charge is -2.21. The van der Waals surface area contributed by atoms with Crippen LogP contribution in [0.1, 0.15) is 25.6 Å². The van der Waals surface area contributed by atoms with E-state index in [0.717, 1.165) is 44.8 Å². The van der Waals surface area contributed by atoms with Crippen molar-refractivity contribution in [2.75, 3.05) is 20.3 Å². The molecule has 0 bridgehead atoms. The minimum Gasteiger partial charge on any atom is -0.381 e. The van der Waals surface area contributed by atoms with E-state index in [0.29, 0.717) is 12.0 Å². The predicted octanol–water partition coefficient (Wildman–Crippen LogP) is 0.855. The van der Waals surface area contributed by atoms with E-state index in [1.165, 1.54) is 0 Å². The van der Waals surface area contributed by atoms with Crippen LogP contribution >= 0.6 is 0 Å². The molecule has 0 aromatic carbocycles. The van der Waals surface area contributed by atoms with Crippen LogP contribution in [-0.4, -0.2) is 41.1 Å². The molecule has 0 spiro atoms. The summed E-state index contributed by atoms with van der Waals surface area (Å²) in [7, 11) is 2.02. The molecule has 2 heterocycles. The second-order valence-electron chi connectivity index (χ2n) is 4.62. The van der Waals surface area contributed by atoms with Crippen LogP contribution in [0, 0.1) is 5.92 Å². The summed E-state index contributed by atoms with van der Waals surface area (Å²) < 4.78 is 7.47. The van der Waals surface area contributed by atoms with Crippen molar-refractivity contribution in [2.45, 2.75) is 38.8 Å². The Balaban J connectivity index is 1.99. The van der Waals surface area contributed by atoms with Gasteiger partial charge in [-0.15, -0.1) is 0 Å². The molecule has 96 valence electrons. The van der Waals surface area contributed by atoms with Gasteiger partial charge in [0.15, 0.2) is 0 Å². The Morgan fingerprint density at radius 3 is 3.18 bits per heavy atom. The zero-order valence-corrected chi connectivity index (χ0v) is 10.7. The summed E-state index contributed by atoms with van der Waals surface area (Å²) in [6, 6.07) is 0.442. The highest BCUT2D eigenvalue weighted by molar-refractivity contribution is 4.92. The monoisotopic (exact) mass is 238 g/mol. The van der Waals surface area contributed by atoms with Gasteiger partial charge in [-0.25, -0.2) is 4.98 Å². The zero-order valence-electron chi connectivity index (χ0n) is 10.7. The second-order valence-corrected chi connectivity index (χ2v) is 4.62. The molecule has 1 aromatic rings. The average molecular weight is 238 g/mol. The second kappa shape index (κ2) is 6.12. The number of aryl methyl sites for hydroxylation is 1. The fourth-order valence-electron chi connectivity index (χ4n) is 2.42. The van der Waals surface area contributed by atoms with Gasteiger partial charge < -0.3 is 10.1 Å². The minimum absolute atomic E-state index is 0.442. The molecule has 1 saturated heterocycles. The van der Waals surface area contributed by atoms with Crippen LogP contribution in [0.2, 0.25) is 0 Å².